The Labute approximate surface area is 169 Å². The summed E-state index contributed by atoms with van der Waals surface area (Å²) in [6.07, 6.45) is 1.32. The standard InChI is InChI=1S/C23H35N3O2/c1-6-25-12-14-26(15-13-25)22(28)23(10-11-23)21(27)24-20-18(16(2)3)8-7-9-19(20)17(4)5/h7-9,16-17H,6,10-15H2,1-5H3,(H,24,27). The van der Waals surface area contributed by atoms with Crippen molar-refractivity contribution < 1.29 is 9.59 Å². The van der Waals surface area contributed by atoms with Crippen molar-refractivity contribution in [2.45, 2.75) is 59.3 Å². The first-order valence-electron chi connectivity index (χ1n) is 10.8. The average Bonchev–Trinajstić information content (AvgIpc) is 3.49. The van der Waals surface area contributed by atoms with Crippen LogP contribution >= 0.6 is 0 Å². The molecular formula is C23H35N3O2. The number of para-hydroxylation sites is 1. The Hall–Kier alpha value is -1.88. The van der Waals surface area contributed by atoms with E-state index in [0.717, 1.165) is 49.5 Å². The number of carbonyl (C=O) groups is 2. The van der Waals surface area contributed by atoms with E-state index in [1.54, 1.807) is 0 Å². The summed E-state index contributed by atoms with van der Waals surface area (Å²) in [4.78, 5) is 30.7. The molecule has 1 aromatic carbocycles. The van der Waals surface area contributed by atoms with Crippen molar-refractivity contribution in [2.75, 3.05) is 38.0 Å². The molecule has 154 valence electrons. The lowest BCUT2D eigenvalue weighted by Crippen LogP contribution is -2.52. The highest BCUT2D eigenvalue weighted by atomic mass is 16.2. The molecule has 2 amide bonds. The maximum absolute atomic E-state index is 13.3. The predicted molar refractivity (Wildman–Crippen MR) is 114 cm³/mol. The van der Waals surface area contributed by atoms with Crippen LogP contribution in [0.2, 0.25) is 0 Å². The molecule has 1 saturated carbocycles. The third kappa shape index (κ3) is 3.95. The number of carbonyl (C=O) groups excluding carboxylic acids is 2. The number of hydrogen-bond acceptors (Lipinski definition) is 3. The van der Waals surface area contributed by atoms with Gasteiger partial charge in [0.15, 0.2) is 0 Å². The Morgan fingerprint density at radius 2 is 1.54 bits per heavy atom. The van der Waals surface area contributed by atoms with Crippen LogP contribution in [0.3, 0.4) is 0 Å². The molecule has 0 radical (unpaired) electrons. The van der Waals surface area contributed by atoms with Crippen LogP contribution in [0.4, 0.5) is 5.69 Å². The van der Waals surface area contributed by atoms with Gasteiger partial charge >= 0.3 is 0 Å². The summed E-state index contributed by atoms with van der Waals surface area (Å²) in [5, 5.41) is 3.19. The van der Waals surface area contributed by atoms with E-state index in [1.165, 1.54) is 0 Å². The van der Waals surface area contributed by atoms with Gasteiger partial charge in [-0.25, -0.2) is 0 Å². The molecule has 0 atom stereocenters. The minimum absolute atomic E-state index is 0.0221. The van der Waals surface area contributed by atoms with Gasteiger partial charge in [-0.3, -0.25) is 9.59 Å². The molecule has 1 aliphatic carbocycles. The fraction of sp³-hybridized carbons (Fsp3) is 0.652. The number of benzene rings is 1. The normalized spacial score (nSPS) is 19.2. The van der Waals surface area contributed by atoms with Crippen LogP contribution in [0.15, 0.2) is 18.2 Å². The number of hydrogen-bond donors (Lipinski definition) is 1. The van der Waals surface area contributed by atoms with Crippen LogP contribution in [-0.4, -0.2) is 54.3 Å². The van der Waals surface area contributed by atoms with E-state index in [1.807, 2.05) is 4.90 Å². The molecule has 1 saturated heterocycles. The minimum Gasteiger partial charge on any atom is -0.339 e. The van der Waals surface area contributed by atoms with Gasteiger partial charge in [-0.1, -0.05) is 52.8 Å². The number of rotatable bonds is 6. The molecule has 3 rings (SSSR count). The van der Waals surface area contributed by atoms with Gasteiger partial charge in [0.05, 0.1) is 0 Å². The van der Waals surface area contributed by atoms with Crippen LogP contribution in [-0.2, 0) is 9.59 Å². The summed E-state index contributed by atoms with van der Waals surface area (Å²) in [5.41, 5.74) is 2.33. The number of nitrogens with one attached hydrogen (secondary N) is 1. The first-order chi connectivity index (χ1) is 13.3. The summed E-state index contributed by atoms with van der Waals surface area (Å²) in [6, 6.07) is 6.22. The van der Waals surface area contributed by atoms with Crippen molar-refractivity contribution >= 4 is 17.5 Å². The molecule has 2 aliphatic rings. The SMILES string of the molecule is CCN1CCN(C(=O)C2(C(=O)Nc3c(C(C)C)cccc3C(C)C)CC2)CC1. The number of piperazine rings is 1. The topological polar surface area (TPSA) is 52.7 Å². The van der Waals surface area contributed by atoms with Crippen molar-refractivity contribution in [1.29, 1.82) is 0 Å². The Kier molecular flexibility index (Phi) is 6.13. The zero-order chi connectivity index (χ0) is 20.5. The highest BCUT2D eigenvalue weighted by Crippen LogP contribution is 2.49. The van der Waals surface area contributed by atoms with Crippen molar-refractivity contribution in [3.05, 3.63) is 29.3 Å². The van der Waals surface area contributed by atoms with E-state index in [-0.39, 0.29) is 11.8 Å². The number of likely N-dealkylation sites (N-methyl/N-ethyl adjacent to an activating group) is 1. The van der Waals surface area contributed by atoms with Crippen molar-refractivity contribution in [3.63, 3.8) is 0 Å². The second-order valence-electron chi connectivity index (χ2n) is 8.88. The lowest BCUT2D eigenvalue weighted by molar-refractivity contribution is -0.143. The summed E-state index contributed by atoms with van der Waals surface area (Å²) >= 11 is 0. The molecule has 0 bridgehead atoms. The molecule has 5 nitrogen and oxygen atoms in total. The Morgan fingerprint density at radius 1 is 1.00 bits per heavy atom. The zero-order valence-electron chi connectivity index (χ0n) is 18.0. The molecule has 1 N–H and O–H groups in total. The van der Waals surface area contributed by atoms with Gasteiger partial charge in [0.2, 0.25) is 11.8 Å². The average molecular weight is 386 g/mol. The first-order valence-corrected chi connectivity index (χ1v) is 10.8. The molecule has 1 aromatic rings. The van der Waals surface area contributed by atoms with Gasteiger partial charge in [-0.15, -0.1) is 0 Å². The molecule has 1 aliphatic heterocycles. The van der Waals surface area contributed by atoms with Gasteiger partial charge in [0.25, 0.3) is 0 Å². The fourth-order valence-corrected chi connectivity index (χ4v) is 4.16. The Balaban J connectivity index is 1.79. The third-order valence-corrected chi connectivity index (χ3v) is 6.31. The van der Waals surface area contributed by atoms with Gasteiger partial charge in [-0.2, -0.15) is 0 Å². The number of nitrogens with zero attached hydrogens (tertiary/aromatic N) is 2. The van der Waals surface area contributed by atoms with Crippen LogP contribution in [0, 0.1) is 5.41 Å². The summed E-state index contributed by atoms with van der Waals surface area (Å²) in [5.74, 6) is 0.517. The van der Waals surface area contributed by atoms with E-state index in [4.69, 9.17) is 0 Å². The van der Waals surface area contributed by atoms with E-state index >= 15 is 0 Å². The lowest BCUT2D eigenvalue weighted by atomic mass is 9.92. The number of amides is 2. The van der Waals surface area contributed by atoms with Crippen LogP contribution < -0.4 is 5.32 Å². The Bertz CT molecular complexity index is 703. The van der Waals surface area contributed by atoms with E-state index in [2.05, 4.69) is 63.0 Å². The lowest BCUT2D eigenvalue weighted by Gasteiger charge is -2.36. The first kappa shape index (κ1) is 20.8. The van der Waals surface area contributed by atoms with E-state index in [0.29, 0.717) is 24.7 Å². The van der Waals surface area contributed by atoms with Gasteiger partial charge in [-0.05, 0) is 42.3 Å². The zero-order valence-corrected chi connectivity index (χ0v) is 18.0. The highest BCUT2D eigenvalue weighted by Gasteiger charge is 2.58. The summed E-state index contributed by atoms with van der Waals surface area (Å²) in [7, 11) is 0. The summed E-state index contributed by atoms with van der Waals surface area (Å²) < 4.78 is 0. The summed E-state index contributed by atoms with van der Waals surface area (Å²) in [6.45, 7) is 15.0. The van der Waals surface area contributed by atoms with Crippen molar-refractivity contribution in [2.24, 2.45) is 5.41 Å². The second-order valence-corrected chi connectivity index (χ2v) is 8.88. The molecule has 0 unspecified atom stereocenters. The van der Waals surface area contributed by atoms with Crippen LogP contribution in [0.5, 0.6) is 0 Å². The third-order valence-electron chi connectivity index (χ3n) is 6.31. The predicted octanol–water partition coefficient (Wildman–Crippen LogP) is 3.82. The molecule has 0 spiro atoms. The maximum Gasteiger partial charge on any atom is 0.240 e. The van der Waals surface area contributed by atoms with Crippen molar-refractivity contribution in [1.82, 2.24) is 9.80 Å². The van der Waals surface area contributed by atoms with Gasteiger partial charge in [0, 0.05) is 31.9 Å². The van der Waals surface area contributed by atoms with Crippen LogP contribution in [0.1, 0.15) is 70.4 Å². The largest absolute Gasteiger partial charge is 0.339 e. The van der Waals surface area contributed by atoms with Crippen molar-refractivity contribution in [3.8, 4) is 0 Å². The molecular weight excluding hydrogens is 350 g/mol. The molecule has 0 aromatic heterocycles. The molecule has 2 fully saturated rings. The highest BCUT2D eigenvalue weighted by molar-refractivity contribution is 6.13. The quantitative estimate of drug-likeness (QED) is 0.758. The monoisotopic (exact) mass is 385 g/mol. The smallest absolute Gasteiger partial charge is 0.240 e. The number of anilines is 1. The minimum atomic E-state index is -0.854. The molecule has 28 heavy (non-hydrogen) atoms. The van der Waals surface area contributed by atoms with E-state index in [9.17, 15) is 9.59 Å². The van der Waals surface area contributed by atoms with Gasteiger partial charge in [0.1, 0.15) is 5.41 Å². The second kappa shape index (κ2) is 8.24. The van der Waals surface area contributed by atoms with Gasteiger partial charge < -0.3 is 15.1 Å². The van der Waals surface area contributed by atoms with E-state index < -0.39 is 5.41 Å². The Morgan fingerprint density at radius 3 is 1.96 bits per heavy atom. The maximum atomic E-state index is 13.3. The fourth-order valence-electron chi connectivity index (χ4n) is 4.16. The molecule has 1 heterocycles. The molecule has 5 heteroatoms. The van der Waals surface area contributed by atoms with Crippen LogP contribution in [0.25, 0.3) is 0 Å².